The number of Topliss-reactive ketones (excluding diaryl/α,β-unsaturated/α-hetero) is 1. The van der Waals surface area contributed by atoms with E-state index in [0.29, 0.717) is 44.8 Å². The molecule has 3 rings (SSSR count). The van der Waals surface area contributed by atoms with Crippen LogP contribution in [0.3, 0.4) is 0 Å². The van der Waals surface area contributed by atoms with Crippen LogP contribution in [-0.4, -0.2) is 45.8 Å². The summed E-state index contributed by atoms with van der Waals surface area (Å²) in [5, 5.41) is 12.3. The maximum atomic E-state index is 12.1. The molecular weight excluding hydrogens is 426 g/mol. The number of hydrogen-bond acceptors (Lipinski definition) is 5. The SMILES string of the molecule is CC(=O)c1cnc2n1CCN(C(=O)/C=C/CNCCC#N)C2.CCCc1ccccc1Cl. The predicted octanol–water partition coefficient (Wildman–Crippen LogP) is 3.78. The highest BCUT2D eigenvalue weighted by atomic mass is 35.5. The Morgan fingerprint density at radius 1 is 1.31 bits per heavy atom. The maximum absolute atomic E-state index is 12.1. The average molecular weight is 456 g/mol. The predicted molar refractivity (Wildman–Crippen MR) is 125 cm³/mol. The number of imidazole rings is 1. The van der Waals surface area contributed by atoms with E-state index in [1.165, 1.54) is 18.6 Å². The largest absolute Gasteiger partial charge is 0.330 e. The van der Waals surface area contributed by atoms with Gasteiger partial charge >= 0.3 is 0 Å². The first-order valence-electron chi connectivity index (χ1n) is 10.8. The summed E-state index contributed by atoms with van der Waals surface area (Å²) in [7, 11) is 0. The molecule has 2 heterocycles. The van der Waals surface area contributed by atoms with Crippen molar-refractivity contribution < 1.29 is 9.59 Å². The van der Waals surface area contributed by atoms with Gasteiger partial charge in [-0.3, -0.25) is 9.59 Å². The fraction of sp³-hybridized carbons (Fsp3) is 0.417. The van der Waals surface area contributed by atoms with Crippen LogP contribution in [0.5, 0.6) is 0 Å². The molecule has 0 atom stereocenters. The second-order valence-corrected chi connectivity index (χ2v) is 7.79. The highest BCUT2D eigenvalue weighted by Gasteiger charge is 2.23. The zero-order valence-corrected chi connectivity index (χ0v) is 19.4. The summed E-state index contributed by atoms with van der Waals surface area (Å²) >= 11 is 5.90. The topological polar surface area (TPSA) is 91.0 Å². The molecule has 0 bridgehead atoms. The van der Waals surface area contributed by atoms with E-state index in [1.807, 2.05) is 28.8 Å². The van der Waals surface area contributed by atoms with Crippen LogP contribution in [0.25, 0.3) is 0 Å². The van der Waals surface area contributed by atoms with Crippen LogP contribution in [0.4, 0.5) is 0 Å². The zero-order valence-electron chi connectivity index (χ0n) is 18.7. The fourth-order valence-electron chi connectivity index (χ4n) is 3.29. The van der Waals surface area contributed by atoms with Crippen molar-refractivity contribution in [2.45, 2.75) is 46.2 Å². The summed E-state index contributed by atoms with van der Waals surface area (Å²) in [6.07, 6.45) is 7.55. The molecule has 0 radical (unpaired) electrons. The number of hydrogen-bond donors (Lipinski definition) is 1. The molecule has 0 fully saturated rings. The molecule has 0 aliphatic carbocycles. The molecule has 1 amide bonds. The smallest absolute Gasteiger partial charge is 0.246 e. The quantitative estimate of drug-likeness (QED) is 0.371. The van der Waals surface area contributed by atoms with Gasteiger partial charge in [-0.2, -0.15) is 5.26 Å². The molecule has 1 aromatic heterocycles. The van der Waals surface area contributed by atoms with Crippen LogP contribution in [0.15, 0.2) is 42.6 Å². The number of ketones is 1. The fourth-order valence-corrected chi connectivity index (χ4v) is 3.52. The lowest BCUT2D eigenvalue weighted by atomic mass is 10.1. The number of fused-ring (bicyclic) bond motifs is 1. The molecule has 0 unspecified atom stereocenters. The monoisotopic (exact) mass is 455 g/mol. The van der Waals surface area contributed by atoms with Gasteiger partial charge in [0.15, 0.2) is 5.78 Å². The van der Waals surface area contributed by atoms with Crippen LogP contribution < -0.4 is 5.32 Å². The molecule has 8 heteroatoms. The zero-order chi connectivity index (χ0) is 23.3. The van der Waals surface area contributed by atoms with Gasteiger partial charge in [-0.05, 0) is 18.1 Å². The Labute approximate surface area is 194 Å². The molecule has 7 nitrogen and oxygen atoms in total. The van der Waals surface area contributed by atoms with Crippen molar-refractivity contribution in [2.75, 3.05) is 19.6 Å². The van der Waals surface area contributed by atoms with E-state index in [9.17, 15) is 9.59 Å². The third-order valence-electron chi connectivity index (χ3n) is 4.95. The van der Waals surface area contributed by atoms with Crippen LogP contribution in [0.2, 0.25) is 5.02 Å². The van der Waals surface area contributed by atoms with Gasteiger partial charge in [0, 0.05) is 50.6 Å². The summed E-state index contributed by atoms with van der Waals surface area (Å²) in [5.41, 5.74) is 1.85. The van der Waals surface area contributed by atoms with Gasteiger partial charge in [0.25, 0.3) is 0 Å². The Hall–Kier alpha value is -2.95. The number of nitrogens with zero attached hydrogens (tertiary/aromatic N) is 4. The van der Waals surface area contributed by atoms with Crippen molar-refractivity contribution in [2.24, 2.45) is 0 Å². The van der Waals surface area contributed by atoms with Crippen LogP contribution >= 0.6 is 11.6 Å². The lowest BCUT2D eigenvalue weighted by Crippen LogP contribution is -2.38. The molecule has 1 N–H and O–H groups in total. The molecule has 0 spiro atoms. The summed E-state index contributed by atoms with van der Waals surface area (Å²) in [4.78, 5) is 29.5. The summed E-state index contributed by atoms with van der Waals surface area (Å²) in [6.45, 7) is 6.42. The average Bonchev–Trinajstić information content (AvgIpc) is 3.22. The van der Waals surface area contributed by atoms with E-state index >= 15 is 0 Å². The molecule has 1 aliphatic heterocycles. The molecule has 1 aromatic carbocycles. The van der Waals surface area contributed by atoms with Gasteiger partial charge in [0.05, 0.1) is 18.8 Å². The van der Waals surface area contributed by atoms with Crippen molar-refractivity contribution in [1.29, 1.82) is 5.26 Å². The third kappa shape index (κ3) is 7.63. The summed E-state index contributed by atoms with van der Waals surface area (Å²) in [6, 6.07) is 10.0. The lowest BCUT2D eigenvalue weighted by Gasteiger charge is -2.27. The molecule has 0 saturated carbocycles. The van der Waals surface area contributed by atoms with Gasteiger partial charge in [-0.15, -0.1) is 0 Å². The van der Waals surface area contributed by atoms with E-state index in [-0.39, 0.29) is 11.7 Å². The van der Waals surface area contributed by atoms with Gasteiger partial charge < -0.3 is 14.8 Å². The number of aromatic nitrogens is 2. The van der Waals surface area contributed by atoms with Crippen LogP contribution in [-0.2, 0) is 24.3 Å². The highest BCUT2D eigenvalue weighted by Crippen LogP contribution is 2.16. The van der Waals surface area contributed by atoms with Crippen molar-refractivity contribution in [3.8, 4) is 6.07 Å². The number of halogens is 1. The number of aryl methyl sites for hydroxylation is 1. The summed E-state index contributed by atoms with van der Waals surface area (Å²) < 4.78 is 1.87. The Morgan fingerprint density at radius 3 is 2.78 bits per heavy atom. The second kappa shape index (κ2) is 13.5. The number of carbonyl (C=O) groups is 2. The standard InChI is InChI=1S/C15H19N5O2.C9H11Cl/c1-12(21)13-10-18-14-11-19(8-9-20(13)14)15(22)4-2-6-17-7-3-5-16;1-2-5-8-6-3-4-7-9(8)10/h2,4,10,17H,3,6-9,11H2,1H3;3-4,6-7H,2,5H2,1H3/b4-2+;. The Bertz CT molecular complexity index is 977. The number of rotatable bonds is 8. The molecule has 2 aromatic rings. The minimum absolute atomic E-state index is 0.0122. The first-order valence-corrected chi connectivity index (χ1v) is 11.2. The Balaban J connectivity index is 0.000000303. The normalized spacial score (nSPS) is 12.6. The lowest BCUT2D eigenvalue weighted by molar-refractivity contribution is -0.127. The number of nitriles is 1. The molecule has 1 aliphatic rings. The van der Waals surface area contributed by atoms with Crippen molar-refractivity contribution in [3.63, 3.8) is 0 Å². The first-order chi connectivity index (χ1) is 15.5. The molecule has 0 saturated heterocycles. The number of nitrogens with one attached hydrogen (secondary N) is 1. The third-order valence-corrected chi connectivity index (χ3v) is 5.32. The van der Waals surface area contributed by atoms with E-state index in [2.05, 4.69) is 23.3 Å². The van der Waals surface area contributed by atoms with Crippen LogP contribution in [0, 0.1) is 11.3 Å². The molecule has 170 valence electrons. The minimum atomic E-state index is -0.0688. The van der Waals surface area contributed by atoms with Gasteiger partial charge in [-0.25, -0.2) is 4.98 Å². The number of benzene rings is 1. The maximum Gasteiger partial charge on any atom is 0.246 e. The van der Waals surface area contributed by atoms with Gasteiger partial charge in [-0.1, -0.05) is 49.2 Å². The van der Waals surface area contributed by atoms with E-state index in [0.717, 1.165) is 23.7 Å². The second-order valence-electron chi connectivity index (χ2n) is 7.38. The summed E-state index contributed by atoms with van der Waals surface area (Å²) in [5.74, 6) is 0.660. The van der Waals surface area contributed by atoms with Gasteiger partial charge in [0.2, 0.25) is 5.91 Å². The molecule has 32 heavy (non-hydrogen) atoms. The Morgan fingerprint density at radius 2 is 2.09 bits per heavy atom. The highest BCUT2D eigenvalue weighted by molar-refractivity contribution is 6.31. The minimum Gasteiger partial charge on any atom is -0.330 e. The van der Waals surface area contributed by atoms with Crippen LogP contribution in [0.1, 0.15) is 48.6 Å². The first kappa shape index (κ1) is 25.3. The van der Waals surface area contributed by atoms with E-state index < -0.39 is 0 Å². The van der Waals surface area contributed by atoms with E-state index in [1.54, 1.807) is 17.2 Å². The number of carbonyl (C=O) groups excluding carboxylic acids is 2. The number of amides is 1. The van der Waals surface area contributed by atoms with Crippen molar-refractivity contribution in [1.82, 2.24) is 19.8 Å². The van der Waals surface area contributed by atoms with Crippen molar-refractivity contribution in [3.05, 3.63) is 64.7 Å². The van der Waals surface area contributed by atoms with Gasteiger partial charge in [0.1, 0.15) is 11.5 Å². The van der Waals surface area contributed by atoms with E-state index in [4.69, 9.17) is 16.9 Å². The molecular formula is C24H30ClN5O2. The Kier molecular flexibility index (Phi) is 10.6. The van der Waals surface area contributed by atoms with Crippen molar-refractivity contribution >= 4 is 23.3 Å².